The highest BCUT2D eigenvalue weighted by molar-refractivity contribution is 5.84. The van der Waals surface area contributed by atoms with E-state index < -0.39 is 5.97 Å². The van der Waals surface area contributed by atoms with Crippen LogP contribution in [0.2, 0.25) is 0 Å². The molecule has 1 aliphatic carbocycles. The SMILES string of the molecule is CCC(C)C1C(=O)CCC1CC(=O)O. The van der Waals surface area contributed by atoms with E-state index in [9.17, 15) is 9.59 Å². The Hall–Kier alpha value is -0.860. The van der Waals surface area contributed by atoms with Gasteiger partial charge >= 0.3 is 5.97 Å². The second-order valence-electron chi connectivity index (χ2n) is 4.27. The molecule has 80 valence electrons. The van der Waals surface area contributed by atoms with Crippen molar-refractivity contribution in [3.05, 3.63) is 0 Å². The van der Waals surface area contributed by atoms with Crippen molar-refractivity contribution in [3.8, 4) is 0 Å². The fourth-order valence-electron chi connectivity index (χ4n) is 2.43. The first-order valence-corrected chi connectivity index (χ1v) is 5.30. The van der Waals surface area contributed by atoms with Crippen LogP contribution in [0.15, 0.2) is 0 Å². The van der Waals surface area contributed by atoms with Crippen LogP contribution in [-0.4, -0.2) is 16.9 Å². The molecule has 0 heterocycles. The molecule has 1 fully saturated rings. The highest BCUT2D eigenvalue weighted by Gasteiger charge is 2.38. The second kappa shape index (κ2) is 4.58. The molecule has 3 atom stereocenters. The largest absolute Gasteiger partial charge is 0.481 e. The quantitative estimate of drug-likeness (QED) is 0.752. The number of aliphatic carboxylic acids is 1. The fraction of sp³-hybridized carbons (Fsp3) is 0.818. The van der Waals surface area contributed by atoms with E-state index in [1.807, 2.05) is 13.8 Å². The van der Waals surface area contributed by atoms with Crippen LogP contribution >= 0.6 is 0 Å². The average Bonchev–Trinajstić information content (AvgIpc) is 2.45. The van der Waals surface area contributed by atoms with Crippen molar-refractivity contribution in [2.45, 2.75) is 39.5 Å². The summed E-state index contributed by atoms with van der Waals surface area (Å²) < 4.78 is 0. The third kappa shape index (κ3) is 2.34. The number of rotatable bonds is 4. The van der Waals surface area contributed by atoms with Crippen LogP contribution in [0.4, 0.5) is 0 Å². The number of carbonyl (C=O) groups excluding carboxylic acids is 1. The lowest BCUT2D eigenvalue weighted by Gasteiger charge is -2.22. The van der Waals surface area contributed by atoms with Crippen LogP contribution in [0, 0.1) is 17.8 Å². The predicted octanol–water partition coefficient (Wildman–Crippen LogP) is 2.10. The molecule has 0 aliphatic heterocycles. The lowest BCUT2D eigenvalue weighted by molar-refractivity contribution is -0.138. The molecule has 1 N–H and O–H groups in total. The third-order valence-corrected chi connectivity index (χ3v) is 3.33. The Labute approximate surface area is 84.5 Å². The van der Waals surface area contributed by atoms with Gasteiger partial charge in [0, 0.05) is 18.8 Å². The highest BCUT2D eigenvalue weighted by Crippen LogP contribution is 2.37. The van der Waals surface area contributed by atoms with Gasteiger partial charge in [0.25, 0.3) is 0 Å². The molecule has 14 heavy (non-hydrogen) atoms. The molecule has 3 heteroatoms. The minimum absolute atomic E-state index is 0.00361. The molecule has 1 saturated carbocycles. The maximum absolute atomic E-state index is 11.6. The van der Waals surface area contributed by atoms with Crippen molar-refractivity contribution in [2.75, 3.05) is 0 Å². The summed E-state index contributed by atoms with van der Waals surface area (Å²) in [6.07, 6.45) is 2.44. The molecule has 1 rings (SSSR count). The molecule has 0 radical (unpaired) electrons. The van der Waals surface area contributed by atoms with Gasteiger partial charge in [0.05, 0.1) is 0 Å². The first kappa shape index (κ1) is 11.2. The Morgan fingerprint density at radius 2 is 2.29 bits per heavy atom. The number of carbonyl (C=O) groups is 2. The molecule has 3 nitrogen and oxygen atoms in total. The van der Waals surface area contributed by atoms with E-state index in [-0.39, 0.29) is 24.0 Å². The molecule has 0 spiro atoms. The molecule has 1 aliphatic rings. The summed E-state index contributed by atoms with van der Waals surface area (Å²) in [6.45, 7) is 4.09. The van der Waals surface area contributed by atoms with Crippen LogP contribution in [0.1, 0.15) is 39.5 Å². The van der Waals surface area contributed by atoms with Gasteiger partial charge in [-0.2, -0.15) is 0 Å². The zero-order valence-corrected chi connectivity index (χ0v) is 8.82. The Morgan fingerprint density at radius 1 is 1.64 bits per heavy atom. The van der Waals surface area contributed by atoms with Crippen molar-refractivity contribution in [3.63, 3.8) is 0 Å². The van der Waals surface area contributed by atoms with Crippen molar-refractivity contribution in [1.29, 1.82) is 0 Å². The number of Topliss-reactive ketones (excluding diaryl/α,β-unsaturated/α-hetero) is 1. The summed E-state index contributed by atoms with van der Waals surface area (Å²) in [4.78, 5) is 22.2. The first-order chi connectivity index (χ1) is 6.56. The molecular weight excluding hydrogens is 180 g/mol. The van der Waals surface area contributed by atoms with Crippen molar-refractivity contribution in [1.82, 2.24) is 0 Å². The van der Waals surface area contributed by atoms with Gasteiger partial charge in [0.15, 0.2) is 0 Å². The second-order valence-corrected chi connectivity index (χ2v) is 4.27. The smallest absolute Gasteiger partial charge is 0.303 e. The van der Waals surface area contributed by atoms with Crippen molar-refractivity contribution in [2.24, 2.45) is 17.8 Å². The Kier molecular flexibility index (Phi) is 3.67. The summed E-state index contributed by atoms with van der Waals surface area (Å²) in [5.74, 6) is -0.107. The molecular formula is C11H18O3. The third-order valence-electron chi connectivity index (χ3n) is 3.33. The van der Waals surface area contributed by atoms with Crippen LogP contribution in [0.5, 0.6) is 0 Å². The Morgan fingerprint density at radius 3 is 2.79 bits per heavy atom. The average molecular weight is 198 g/mol. The Balaban J connectivity index is 2.66. The molecule has 0 saturated heterocycles. The zero-order valence-electron chi connectivity index (χ0n) is 8.82. The van der Waals surface area contributed by atoms with E-state index in [1.54, 1.807) is 0 Å². The predicted molar refractivity (Wildman–Crippen MR) is 52.9 cm³/mol. The number of ketones is 1. The van der Waals surface area contributed by atoms with Gasteiger partial charge in [-0.25, -0.2) is 0 Å². The minimum Gasteiger partial charge on any atom is -0.481 e. The number of carboxylic acid groups (broad SMARTS) is 1. The topological polar surface area (TPSA) is 54.4 Å². The van der Waals surface area contributed by atoms with Gasteiger partial charge in [-0.05, 0) is 18.3 Å². The monoisotopic (exact) mass is 198 g/mol. The lowest BCUT2D eigenvalue weighted by atomic mass is 9.81. The van der Waals surface area contributed by atoms with E-state index in [0.717, 1.165) is 12.8 Å². The maximum atomic E-state index is 11.6. The normalized spacial score (nSPS) is 29.1. The molecule has 0 aromatic rings. The van der Waals surface area contributed by atoms with E-state index >= 15 is 0 Å². The van der Waals surface area contributed by atoms with Gasteiger partial charge in [-0.1, -0.05) is 20.3 Å². The van der Waals surface area contributed by atoms with Gasteiger partial charge in [-0.15, -0.1) is 0 Å². The van der Waals surface area contributed by atoms with E-state index in [2.05, 4.69) is 0 Å². The number of hydrogen-bond donors (Lipinski definition) is 1. The van der Waals surface area contributed by atoms with Crippen molar-refractivity contribution < 1.29 is 14.7 Å². The van der Waals surface area contributed by atoms with Gasteiger partial charge in [0.1, 0.15) is 5.78 Å². The molecule has 0 aromatic heterocycles. The highest BCUT2D eigenvalue weighted by atomic mass is 16.4. The molecule has 0 amide bonds. The van der Waals surface area contributed by atoms with Gasteiger partial charge in [-0.3, -0.25) is 9.59 Å². The van der Waals surface area contributed by atoms with Crippen LogP contribution in [-0.2, 0) is 9.59 Å². The maximum Gasteiger partial charge on any atom is 0.303 e. The van der Waals surface area contributed by atoms with Gasteiger partial charge in [0.2, 0.25) is 0 Å². The van der Waals surface area contributed by atoms with Crippen LogP contribution in [0.25, 0.3) is 0 Å². The summed E-state index contributed by atoms with van der Waals surface area (Å²) in [7, 11) is 0. The Bertz CT molecular complexity index is 235. The van der Waals surface area contributed by atoms with Gasteiger partial charge < -0.3 is 5.11 Å². The van der Waals surface area contributed by atoms with E-state index in [4.69, 9.17) is 5.11 Å². The van der Waals surface area contributed by atoms with E-state index in [0.29, 0.717) is 12.3 Å². The lowest BCUT2D eigenvalue weighted by Crippen LogP contribution is -2.24. The zero-order chi connectivity index (χ0) is 10.7. The summed E-state index contributed by atoms with van der Waals surface area (Å²) in [5, 5.41) is 8.72. The fourth-order valence-corrected chi connectivity index (χ4v) is 2.43. The summed E-state index contributed by atoms with van der Waals surface area (Å²) >= 11 is 0. The van der Waals surface area contributed by atoms with E-state index in [1.165, 1.54) is 0 Å². The van der Waals surface area contributed by atoms with Crippen LogP contribution in [0.3, 0.4) is 0 Å². The molecule has 0 aromatic carbocycles. The standard InChI is InChI=1S/C11H18O3/c1-3-7(2)11-8(6-10(13)14)4-5-9(11)12/h7-8,11H,3-6H2,1-2H3,(H,13,14). The molecule has 3 unspecified atom stereocenters. The number of hydrogen-bond acceptors (Lipinski definition) is 2. The number of carboxylic acids is 1. The minimum atomic E-state index is -0.780. The van der Waals surface area contributed by atoms with Crippen LogP contribution < -0.4 is 0 Å². The summed E-state index contributed by atoms with van der Waals surface area (Å²) in [6, 6.07) is 0. The summed E-state index contributed by atoms with van der Waals surface area (Å²) in [5.41, 5.74) is 0. The first-order valence-electron chi connectivity index (χ1n) is 5.30. The van der Waals surface area contributed by atoms with Crippen molar-refractivity contribution >= 4 is 11.8 Å². The molecule has 0 bridgehead atoms.